The third-order valence-corrected chi connectivity index (χ3v) is 5.73. The van der Waals surface area contributed by atoms with Crippen molar-refractivity contribution >= 4 is 16.5 Å². The quantitative estimate of drug-likeness (QED) is 0.314. The molecule has 0 atom stereocenters. The maximum atomic E-state index is 3.98. The van der Waals surface area contributed by atoms with Crippen LogP contribution in [-0.4, -0.2) is 0 Å². The van der Waals surface area contributed by atoms with Gasteiger partial charge in [0.15, 0.2) is 0 Å². The molecule has 0 aromatic heterocycles. The molecule has 1 N–H and O–H groups in total. The van der Waals surface area contributed by atoms with E-state index in [1.54, 1.807) is 0 Å². The maximum Gasteiger partial charge on any atom is 0.114 e. The monoisotopic (exact) mass is 385 g/mol. The van der Waals surface area contributed by atoms with E-state index in [2.05, 4.69) is 139 Å². The lowest BCUT2D eigenvalue weighted by Crippen LogP contribution is -2.38. The molecule has 0 aliphatic heterocycles. The van der Waals surface area contributed by atoms with Gasteiger partial charge in [0.1, 0.15) is 5.54 Å². The standard InChI is InChI=1S/C29H23N/c1-4-15-24(16-5-1)29(25-17-6-2-7-18-25,26-19-8-3-9-20-26)30-28-22-12-14-23-13-10-11-21-27(23)28/h1-22,30H. The van der Waals surface area contributed by atoms with Crippen molar-refractivity contribution in [1.29, 1.82) is 0 Å². The van der Waals surface area contributed by atoms with Gasteiger partial charge in [0.2, 0.25) is 0 Å². The fourth-order valence-electron chi connectivity index (χ4n) is 4.32. The smallest absolute Gasteiger partial charge is 0.114 e. The van der Waals surface area contributed by atoms with Crippen LogP contribution in [0.1, 0.15) is 16.7 Å². The topological polar surface area (TPSA) is 12.0 Å². The van der Waals surface area contributed by atoms with Gasteiger partial charge in [-0.05, 0) is 28.1 Å². The first-order valence-corrected chi connectivity index (χ1v) is 10.3. The zero-order valence-corrected chi connectivity index (χ0v) is 16.7. The molecule has 0 radical (unpaired) electrons. The van der Waals surface area contributed by atoms with Gasteiger partial charge in [-0.1, -0.05) is 127 Å². The molecule has 5 aromatic rings. The molecule has 5 aromatic carbocycles. The Bertz CT molecular complexity index is 1140. The number of anilines is 1. The second kappa shape index (κ2) is 7.88. The molecule has 5 rings (SSSR count). The Kier molecular flexibility index (Phi) is 4.78. The number of hydrogen-bond acceptors (Lipinski definition) is 1. The number of rotatable bonds is 5. The summed E-state index contributed by atoms with van der Waals surface area (Å²) in [4.78, 5) is 0. The van der Waals surface area contributed by atoms with Crippen molar-refractivity contribution < 1.29 is 0 Å². The highest BCUT2D eigenvalue weighted by Crippen LogP contribution is 2.41. The van der Waals surface area contributed by atoms with E-state index in [-0.39, 0.29) is 0 Å². The zero-order chi connectivity index (χ0) is 20.2. The minimum atomic E-state index is -0.520. The summed E-state index contributed by atoms with van der Waals surface area (Å²) in [6.45, 7) is 0. The average molecular weight is 386 g/mol. The Balaban J connectivity index is 1.82. The average Bonchev–Trinajstić information content (AvgIpc) is 2.84. The van der Waals surface area contributed by atoms with Crippen LogP contribution >= 0.6 is 0 Å². The van der Waals surface area contributed by atoms with Crippen LogP contribution < -0.4 is 5.32 Å². The Morgan fingerprint density at radius 1 is 0.400 bits per heavy atom. The molecule has 0 saturated heterocycles. The van der Waals surface area contributed by atoms with E-state index in [4.69, 9.17) is 0 Å². The number of fused-ring (bicyclic) bond motifs is 1. The fraction of sp³-hybridized carbons (Fsp3) is 0.0345. The molecule has 1 nitrogen and oxygen atoms in total. The van der Waals surface area contributed by atoms with E-state index in [9.17, 15) is 0 Å². The van der Waals surface area contributed by atoms with E-state index in [0.717, 1.165) is 5.69 Å². The molecule has 0 aliphatic carbocycles. The Morgan fingerprint density at radius 2 is 0.833 bits per heavy atom. The summed E-state index contributed by atoms with van der Waals surface area (Å²) in [6, 6.07) is 47.1. The zero-order valence-electron chi connectivity index (χ0n) is 16.7. The van der Waals surface area contributed by atoms with E-state index in [1.807, 2.05) is 0 Å². The Hall–Kier alpha value is -3.84. The van der Waals surface area contributed by atoms with Crippen LogP contribution in [0.4, 0.5) is 5.69 Å². The summed E-state index contributed by atoms with van der Waals surface area (Å²) in [5.74, 6) is 0. The van der Waals surface area contributed by atoms with Crippen molar-refractivity contribution in [3.63, 3.8) is 0 Å². The minimum Gasteiger partial charge on any atom is -0.367 e. The van der Waals surface area contributed by atoms with Gasteiger partial charge in [-0.2, -0.15) is 0 Å². The molecule has 0 fully saturated rings. The Labute approximate surface area is 177 Å². The Morgan fingerprint density at radius 3 is 1.37 bits per heavy atom. The molecule has 0 aliphatic rings. The van der Waals surface area contributed by atoms with Crippen molar-refractivity contribution in [3.8, 4) is 0 Å². The van der Waals surface area contributed by atoms with Crippen LogP contribution in [0.15, 0.2) is 133 Å². The molecule has 144 valence electrons. The van der Waals surface area contributed by atoms with Crippen LogP contribution in [-0.2, 0) is 5.54 Å². The highest BCUT2D eigenvalue weighted by Gasteiger charge is 2.36. The molecule has 1 heteroatoms. The van der Waals surface area contributed by atoms with Crippen LogP contribution in [0.25, 0.3) is 10.8 Å². The van der Waals surface area contributed by atoms with Gasteiger partial charge in [0, 0.05) is 11.1 Å². The minimum absolute atomic E-state index is 0.520. The van der Waals surface area contributed by atoms with E-state index in [1.165, 1.54) is 27.5 Å². The summed E-state index contributed by atoms with van der Waals surface area (Å²) < 4.78 is 0. The predicted octanol–water partition coefficient (Wildman–Crippen LogP) is 7.24. The molecule has 0 unspecified atom stereocenters. The highest BCUT2D eigenvalue weighted by molar-refractivity contribution is 5.94. The lowest BCUT2D eigenvalue weighted by atomic mass is 9.76. The second-order valence-electron chi connectivity index (χ2n) is 7.50. The van der Waals surface area contributed by atoms with Crippen LogP contribution in [0.2, 0.25) is 0 Å². The van der Waals surface area contributed by atoms with Gasteiger partial charge >= 0.3 is 0 Å². The predicted molar refractivity (Wildman–Crippen MR) is 127 cm³/mol. The molecule has 30 heavy (non-hydrogen) atoms. The SMILES string of the molecule is c1ccc(C(Nc2cccc3ccccc23)(c2ccccc2)c2ccccc2)cc1. The molecule has 0 amide bonds. The first kappa shape index (κ1) is 18.2. The van der Waals surface area contributed by atoms with Gasteiger partial charge in [-0.3, -0.25) is 0 Å². The second-order valence-corrected chi connectivity index (χ2v) is 7.50. The first-order chi connectivity index (χ1) is 14.9. The number of benzene rings is 5. The van der Waals surface area contributed by atoms with E-state index in [0.29, 0.717) is 0 Å². The number of hydrogen-bond donors (Lipinski definition) is 1. The van der Waals surface area contributed by atoms with Crippen LogP contribution in [0, 0.1) is 0 Å². The highest BCUT2D eigenvalue weighted by atomic mass is 15.0. The summed E-state index contributed by atoms with van der Waals surface area (Å²) in [5, 5.41) is 6.43. The normalized spacial score (nSPS) is 11.3. The van der Waals surface area contributed by atoms with Gasteiger partial charge in [0.25, 0.3) is 0 Å². The lowest BCUT2D eigenvalue weighted by molar-refractivity contribution is 0.713. The van der Waals surface area contributed by atoms with Crippen molar-refractivity contribution in [1.82, 2.24) is 0 Å². The van der Waals surface area contributed by atoms with Gasteiger partial charge in [0.05, 0.1) is 0 Å². The molecule has 0 bridgehead atoms. The summed E-state index contributed by atoms with van der Waals surface area (Å²) in [7, 11) is 0. The summed E-state index contributed by atoms with van der Waals surface area (Å²) in [6.07, 6.45) is 0. The molecular weight excluding hydrogens is 362 g/mol. The largest absolute Gasteiger partial charge is 0.367 e. The number of nitrogens with one attached hydrogen (secondary N) is 1. The molecular formula is C29H23N. The van der Waals surface area contributed by atoms with Crippen LogP contribution in [0.3, 0.4) is 0 Å². The third kappa shape index (κ3) is 3.15. The van der Waals surface area contributed by atoms with Crippen molar-refractivity contribution in [3.05, 3.63) is 150 Å². The van der Waals surface area contributed by atoms with Crippen molar-refractivity contribution in [2.24, 2.45) is 0 Å². The van der Waals surface area contributed by atoms with Gasteiger partial charge in [-0.15, -0.1) is 0 Å². The van der Waals surface area contributed by atoms with Crippen LogP contribution in [0.5, 0.6) is 0 Å². The lowest BCUT2D eigenvalue weighted by Gasteiger charge is -2.38. The van der Waals surface area contributed by atoms with Crippen molar-refractivity contribution in [2.45, 2.75) is 5.54 Å². The molecule has 0 heterocycles. The van der Waals surface area contributed by atoms with Crippen molar-refractivity contribution in [2.75, 3.05) is 5.32 Å². The van der Waals surface area contributed by atoms with E-state index < -0.39 is 5.54 Å². The molecule has 0 spiro atoms. The summed E-state index contributed by atoms with van der Waals surface area (Å²) in [5.41, 5.74) is 4.21. The van der Waals surface area contributed by atoms with Gasteiger partial charge < -0.3 is 5.32 Å². The summed E-state index contributed by atoms with van der Waals surface area (Å²) >= 11 is 0. The van der Waals surface area contributed by atoms with E-state index >= 15 is 0 Å². The van der Waals surface area contributed by atoms with Gasteiger partial charge in [-0.25, -0.2) is 0 Å². The third-order valence-electron chi connectivity index (χ3n) is 5.73. The molecule has 0 saturated carbocycles. The maximum absolute atomic E-state index is 3.98. The first-order valence-electron chi connectivity index (χ1n) is 10.3. The fourth-order valence-corrected chi connectivity index (χ4v) is 4.32.